The van der Waals surface area contributed by atoms with Crippen LogP contribution in [0.3, 0.4) is 0 Å². The number of benzene rings is 1. The van der Waals surface area contributed by atoms with Gasteiger partial charge in [0.1, 0.15) is 0 Å². The minimum atomic E-state index is -3.47. The Morgan fingerprint density at radius 2 is 2.00 bits per heavy atom. The first kappa shape index (κ1) is 20.4. The fourth-order valence-corrected chi connectivity index (χ4v) is 3.56. The van der Waals surface area contributed by atoms with E-state index in [1.807, 2.05) is 30.3 Å². The molecule has 0 saturated heterocycles. The Kier molecular flexibility index (Phi) is 7.15. The summed E-state index contributed by atoms with van der Waals surface area (Å²) < 4.78 is 26.5. The average Bonchev–Trinajstić information content (AvgIpc) is 3.05. The van der Waals surface area contributed by atoms with Crippen molar-refractivity contribution in [3.05, 3.63) is 52.8 Å². The lowest BCUT2D eigenvalue weighted by Gasteiger charge is -2.13. The van der Waals surface area contributed by atoms with Gasteiger partial charge in [-0.1, -0.05) is 30.3 Å². The third kappa shape index (κ3) is 5.28. The van der Waals surface area contributed by atoms with Crippen LogP contribution >= 0.6 is 12.4 Å². The highest BCUT2D eigenvalue weighted by Gasteiger charge is 2.21. The summed E-state index contributed by atoms with van der Waals surface area (Å²) in [4.78, 5) is 12.2. The highest BCUT2D eigenvalue weighted by atomic mass is 35.5. The number of nitrogens with zero attached hydrogens (tertiary/aromatic N) is 1. The number of rotatable bonds is 7. The molecule has 0 radical (unpaired) electrons. The van der Waals surface area contributed by atoms with Gasteiger partial charge in [-0.25, -0.2) is 13.1 Å². The van der Waals surface area contributed by atoms with Crippen LogP contribution in [0.25, 0.3) is 0 Å². The molecule has 1 aliphatic rings. The Morgan fingerprint density at radius 1 is 1.23 bits per heavy atom. The first-order valence-corrected chi connectivity index (χ1v) is 9.77. The first-order chi connectivity index (χ1) is 12.1. The number of carbonyl (C=O) groups excluding carboxylic acids is 1. The van der Waals surface area contributed by atoms with Gasteiger partial charge in [0.25, 0.3) is 5.91 Å². The number of sulfonamides is 1. The maximum Gasteiger partial charge on any atom is 0.272 e. The van der Waals surface area contributed by atoms with Gasteiger partial charge in [-0.15, -0.1) is 12.4 Å². The highest BCUT2D eigenvalue weighted by Crippen LogP contribution is 2.14. The number of hydrogen-bond donors (Lipinski definition) is 4. The number of nitrogens with one attached hydrogen (secondary N) is 4. The van der Waals surface area contributed by atoms with Crippen LogP contribution in [0, 0.1) is 0 Å². The number of aromatic amines is 1. The Balaban J connectivity index is 0.00000243. The SMILES string of the molecule is Cl.O=C(NCCS(=O)(=O)NCc1ccccc1)c1n[nH]c2c1CNCC2. The molecular weight excluding hydrogens is 378 g/mol. The number of carbonyl (C=O) groups is 1. The molecule has 0 bridgehead atoms. The number of hydrogen-bond acceptors (Lipinski definition) is 5. The van der Waals surface area contributed by atoms with Gasteiger partial charge in [-0.2, -0.15) is 5.10 Å². The summed E-state index contributed by atoms with van der Waals surface area (Å²) in [5, 5.41) is 12.7. The van der Waals surface area contributed by atoms with Crippen LogP contribution in [-0.2, 0) is 29.5 Å². The van der Waals surface area contributed by atoms with Crippen molar-refractivity contribution in [3.63, 3.8) is 0 Å². The van der Waals surface area contributed by atoms with Gasteiger partial charge in [-0.3, -0.25) is 9.89 Å². The largest absolute Gasteiger partial charge is 0.350 e. The van der Waals surface area contributed by atoms with E-state index in [4.69, 9.17) is 0 Å². The normalized spacial score (nSPS) is 13.5. The molecule has 8 nitrogen and oxygen atoms in total. The van der Waals surface area contributed by atoms with Crippen molar-refractivity contribution in [2.75, 3.05) is 18.8 Å². The van der Waals surface area contributed by atoms with Crippen molar-refractivity contribution >= 4 is 28.3 Å². The van der Waals surface area contributed by atoms with Gasteiger partial charge in [0.05, 0.1) is 5.75 Å². The van der Waals surface area contributed by atoms with E-state index < -0.39 is 10.0 Å². The summed E-state index contributed by atoms with van der Waals surface area (Å²) >= 11 is 0. The van der Waals surface area contributed by atoms with Gasteiger partial charge >= 0.3 is 0 Å². The van der Waals surface area contributed by atoms with Crippen molar-refractivity contribution in [2.45, 2.75) is 19.5 Å². The summed E-state index contributed by atoms with van der Waals surface area (Å²) in [6, 6.07) is 9.27. The predicted octanol–water partition coefficient (Wildman–Crippen LogP) is 0.327. The summed E-state index contributed by atoms with van der Waals surface area (Å²) in [5.41, 5.74) is 3.03. The van der Waals surface area contributed by atoms with E-state index in [-0.39, 0.29) is 37.2 Å². The zero-order valence-electron chi connectivity index (χ0n) is 14.1. The monoisotopic (exact) mass is 399 g/mol. The second kappa shape index (κ2) is 9.13. The van der Waals surface area contributed by atoms with E-state index >= 15 is 0 Å². The molecule has 1 aromatic carbocycles. The predicted molar refractivity (Wildman–Crippen MR) is 101 cm³/mol. The summed E-state index contributed by atoms with van der Waals surface area (Å²) in [6.45, 7) is 1.70. The average molecular weight is 400 g/mol. The van der Waals surface area contributed by atoms with Crippen molar-refractivity contribution in [1.29, 1.82) is 0 Å². The van der Waals surface area contributed by atoms with Gasteiger partial charge in [0, 0.05) is 43.9 Å². The van der Waals surface area contributed by atoms with Crippen LogP contribution in [0.15, 0.2) is 30.3 Å². The minimum absolute atomic E-state index is 0. The lowest BCUT2D eigenvalue weighted by Crippen LogP contribution is -2.35. The molecule has 3 rings (SSSR count). The molecule has 0 aliphatic carbocycles. The van der Waals surface area contributed by atoms with Crippen molar-refractivity contribution in [3.8, 4) is 0 Å². The zero-order valence-corrected chi connectivity index (χ0v) is 15.8. The van der Waals surface area contributed by atoms with Gasteiger partial charge in [-0.05, 0) is 5.56 Å². The van der Waals surface area contributed by atoms with E-state index in [2.05, 4.69) is 25.6 Å². The standard InChI is InChI=1S/C16H21N5O3S.ClH/c22-16(15-13-11-17-7-6-14(13)20-21-15)18-8-9-25(23,24)19-10-12-4-2-1-3-5-12;/h1-5,17,19H,6-11H2,(H,18,22)(H,20,21);1H. The molecule has 2 aromatic rings. The molecular formula is C16H22ClN5O3S. The van der Waals surface area contributed by atoms with E-state index in [0.717, 1.165) is 29.8 Å². The summed E-state index contributed by atoms with van der Waals surface area (Å²) in [6.07, 6.45) is 0.799. The van der Waals surface area contributed by atoms with E-state index in [1.165, 1.54) is 0 Å². The number of halogens is 1. The number of H-pyrrole nitrogens is 1. The molecule has 1 amide bonds. The van der Waals surface area contributed by atoms with Crippen LogP contribution in [0.5, 0.6) is 0 Å². The number of fused-ring (bicyclic) bond motifs is 1. The maximum atomic E-state index is 12.2. The molecule has 0 unspecified atom stereocenters. The van der Waals surface area contributed by atoms with Crippen molar-refractivity contribution < 1.29 is 13.2 Å². The van der Waals surface area contributed by atoms with Crippen molar-refractivity contribution in [2.24, 2.45) is 0 Å². The Labute approximate surface area is 158 Å². The molecule has 0 spiro atoms. The fourth-order valence-electron chi connectivity index (χ4n) is 2.66. The summed E-state index contributed by atoms with van der Waals surface area (Å²) in [5.74, 6) is -0.546. The van der Waals surface area contributed by atoms with Crippen LogP contribution < -0.4 is 15.4 Å². The maximum absolute atomic E-state index is 12.2. The Hall–Kier alpha value is -1.94. The molecule has 4 N–H and O–H groups in total. The van der Waals surface area contributed by atoms with Crippen molar-refractivity contribution in [1.82, 2.24) is 25.6 Å². The smallest absolute Gasteiger partial charge is 0.272 e. The highest BCUT2D eigenvalue weighted by molar-refractivity contribution is 7.89. The quantitative estimate of drug-likeness (QED) is 0.535. The molecule has 142 valence electrons. The third-order valence-corrected chi connectivity index (χ3v) is 5.34. The molecule has 2 heterocycles. The minimum Gasteiger partial charge on any atom is -0.350 e. The third-order valence-electron chi connectivity index (χ3n) is 4.02. The van der Waals surface area contributed by atoms with Gasteiger partial charge in [0.15, 0.2) is 5.69 Å². The van der Waals surface area contributed by atoms with E-state index in [1.54, 1.807) is 0 Å². The van der Waals surface area contributed by atoms with E-state index in [0.29, 0.717) is 12.2 Å². The Bertz CT molecular complexity index is 839. The second-order valence-electron chi connectivity index (χ2n) is 5.84. The zero-order chi connectivity index (χ0) is 17.7. The van der Waals surface area contributed by atoms with Crippen LogP contribution in [0.2, 0.25) is 0 Å². The van der Waals surface area contributed by atoms with Gasteiger partial charge in [0.2, 0.25) is 10.0 Å². The summed E-state index contributed by atoms with van der Waals surface area (Å²) in [7, 11) is -3.47. The van der Waals surface area contributed by atoms with Crippen LogP contribution in [0.4, 0.5) is 0 Å². The molecule has 0 fully saturated rings. The number of aromatic nitrogens is 2. The van der Waals surface area contributed by atoms with Gasteiger partial charge < -0.3 is 10.6 Å². The lowest BCUT2D eigenvalue weighted by atomic mass is 10.1. The lowest BCUT2D eigenvalue weighted by molar-refractivity contribution is 0.0950. The Morgan fingerprint density at radius 3 is 2.77 bits per heavy atom. The van der Waals surface area contributed by atoms with Crippen LogP contribution in [0.1, 0.15) is 27.3 Å². The molecule has 0 saturated carbocycles. The number of amides is 1. The molecule has 0 atom stereocenters. The second-order valence-corrected chi connectivity index (χ2v) is 7.76. The van der Waals surface area contributed by atoms with Crippen LogP contribution in [-0.4, -0.2) is 43.4 Å². The first-order valence-electron chi connectivity index (χ1n) is 8.11. The molecule has 1 aromatic heterocycles. The van der Waals surface area contributed by atoms with E-state index in [9.17, 15) is 13.2 Å². The molecule has 26 heavy (non-hydrogen) atoms. The molecule has 1 aliphatic heterocycles. The topological polar surface area (TPSA) is 116 Å². The molecule has 10 heteroatoms. The fraction of sp³-hybridized carbons (Fsp3) is 0.375.